The Morgan fingerprint density at radius 3 is 2.44 bits per heavy atom. The van der Waals surface area contributed by atoms with E-state index in [1.807, 2.05) is 30.3 Å². The lowest BCUT2D eigenvalue weighted by Crippen LogP contribution is -2.42. The number of rotatable bonds is 10. The lowest BCUT2D eigenvalue weighted by atomic mass is 10.1. The number of carbonyl (C=O) groups excluding carboxylic acids is 1. The number of methoxy groups -OCH3 is 1. The predicted molar refractivity (Wildman–Crippen MR) is 108 cm³/mol. The molecule has 0 heterocycles. The highest BCUT2D eigenvalue weighted by Crippen LogP contribution is 2.35. The molecule has 0 aliphatic heterocycles. The average Bonchev–Trinajstić information content (AvgIpc) is 3.52. The minimum absolute atomic E-state index is 0.0747. The van der Waals surface area contributed by atoms with Gasteiger partial charge in [0, 0.05) is 26.2 Å². The highest BCUT2D eigenvalue weighted by Gasteiger charge is 2.32. The normalized spacial score (nSPS) is 14.9. The number of hydrogen-bond acceptors (Lipinski definition) is 3. The van der Waals surface area contributed by atoms with Gasteiger partial charge in [0.1, 0.15) is 0 Å². The van der Waals surface area contributed by atoms with E-state index in [-0.39, 0.29) is 5.91 Å². The van der Waals surface area contributed by atoms with Crippen LogP contribution in [0.25, 0.3) is 0 Å². The van der Waals surface area contributed by atoms with Crippen molar-refractivity contribution in [1.82, 2.24) is 10.2 Å². The zero-order valence-electron chi connectivity index (χ0n) is 16.4. The fraction of sp³-hybridized carbons (Fsp3) is 0.435. The average molecular weight is 367 g/mol. The molecule has 1 N–H and O–H groups in total. The van der Waals surface area contributed by atoms with Crippen molar-refractivity contribution >= 4 is 5.91 Å². The van der Waals surface area contributed by atoms with E-state index in [4.69, 9.17) is 4.74 Å². The van der Waals surface area contributed by atoms with Gasteiger partial charge in [-0.15, -0.1) is 0 Å². The maximum absolute atomic E-state index is 12.6. The third-order valence-electron chi connectivity index (χ3n) is 5.35. The molecule has 1 fully saturated rings. The summed E-state index contributed by atoms with van der Waals surface area (Å²) in [5, 5.41) is 3.09. The summed E-state index contributed by atoms with van der Waals surface area (Å²) in [6.07, 6.45) is 2.55. The van der Waals surface area contributed by atoms with Crippen LogP contribution in [0.15, 0.2) is 54.6 Å². The van der Waals surface area contributed by atoms with Crippen molar-refractivity contribution in [3.05, 3.63) is 71.3 Å². The molecular weight excluding hydrogens is 336 g/mol. The fourth-order valence-corrected chi connectivity index (χ4v) is 3.50. The highest BCUT2D eigenvalue weighted by atomic mass is 16.5. The minimum atomic E-state index is 0.0747. The molecule has 1 amide bonds. The van der Waals surface area contributed by atoms with E-state index < -0.39 is 0 Å². The highest BCUT2D eigenvalue weighted by molar-refractivity contribution is 5.78. The number of amides is 1. The van der Waals surface area contributed by atoms with Gasteiger partial charge >= 0.3 is 0 Å². The van der Waals surface area contributed by atoms with Crippen molar-refractivity contribution in [3.63, 3.8) is 0 Å². The van der Waals surface area contributed by atoms with Crippen LogP contribution >= 0.6 is 0 Å². The predicted octanol–water partition coefficient (Wildman–Crippen LogP) is 3.75. The maximum Gasteiger partial charge on any atom is 0.234 e. The Bertz CT molecular complexity index is 728. The molecular formula is C23H30N2O2. The van der Waals surface area contributed by atoms with Crippen molar-refractivity contribution in [3.8, 4) is 0 Å². The van der Waals surface area contributed by atoms with E-state index >= 15 is 0 Å². The van der Waals surface area contributed by atoms with Gasteiger partial charge in [-0.1, -0.05) is 54.6 Å². The van der Waals surface area contributed by atoms with Gasteiger partial charge in [-0.25, -0.2) is 0 Å². The first-order valence-electron chi connectivity index (χ1n) is 9.77. The van der Waals surface area contributed by atoms with Crippen LogP contribution in [0.1, 0.15) is 36.5 Å². The molecule has 1 aliphatic rings. The monoisotopic (exact) mass is 366 g/mol. The van der Waals surface area contributed by atoms with Crippen molar-refractivity contribution in [2.24, 2.45) is 5.92 Å². The summed E-state index contributed by atoms with van der Waals surface area (Å²) >= 11 is 0. The number of ether oxygens (including phenoxy) is 1. The standard InChI is InChI=1S/C23H30N2O2/c1-18(20-12-13-20)25(15-19-8-4-3-5-9-19)16-23(26)24-14-21-10-6-7-11-22(21)17-27-2/h3-11,18,20H,12-17H2,1-2H3,(H,24,26). The molecule has 0 radical (unpaired) electrons. The Kier molecular flexibility index (Phi) is 7.02. The van der Waals surface area contributed by atoms with Gasteiger partial charge in [-0.3, -0.25) is 9.69 Å². The van der Waals surface area contributed by atoms with Crippen LogP contribution in [0.5, 0.6) is 0 Å². The third kappa shape index (κ3) is 5.91. The van der Waals surface area contributed by atoms with Crippen LogP contribution in [0.2, 0.25) is 0 Å². The Balaban J connectivity index is 1.59. The van der Waals surface area contributed by atoms with Gasteiger partial charge in [-0.05, 0) is 42.4 Å². The van der Waals surface area contributed by atoms with E-state index in [1.165, 1.54) is 18.4 Å². The zero-order valence-corrected chi connectivity index (χ0v) is 16.4. The SMILES string of the molecule is COCc1ccccc1CNC(=O)CN(Cc1ccccc1)C(C)C1CC1. The van der Waals surface area contributed by atoms with Crippen LogP contribution in [0.4, 0.5) is 0 Å². The molecule has 27 heavy (non-hydrogen) atoms. The molecule has 4 heteroatoms. The summed E-state index contributed by atoms with van der Waals surface area (Å²) in [7, 11) is 1.69. The first kappa shape index (κ1) is 19.6. The van der Waals surface area contributed by atoms with E-state index in [0.717, 1.165) is 23.6 Å². The third-order valence-corrected chi connectivity index (χ3v) is 5.35. The second-order valence-electron chi connectivity index (χ2n) is 7.45. The number of hydrogen-bond donors (Lipinski definition) is 1. The van der Waals surface area contributed by atoms with E-state index in [9.17, 15) is 4.79 Å². The summed E-state index contributed by atoms with van der Waals surface area (Å²) in [4.78, 5) is 15.0. The molecule has 1 aliphatic carbocycles. The smallest absolute Gasteiger partial charge is 0.234 e. The molecule has 0 spiro atoms. The summed E-state index contributed by atoms with van der Waals surface area (Å²) in [6, 6.07) is 18.9. The Morgan fingerprint density at radius 1 is 1.11 bits per heavy atom. The summed E-state index contributed by atoms with van der Waals surface area (Å²) in [5.41, 5.74) is 3.48. The number of benzene rings is 2. The molecule has 2 aromatic rings. The second kappa shape index (κ2) is 9.67. The Morgan fingerprint density at radius 2 is 1.78 bits per heavy atom. The van der Waals surface area contributed by atoms with Gasteiger partial charge in [0.15, 0.2) is 0 Å². The quantitative estimate of drug-likeness (QED) is 0.696. The molecule has 3 rings (SSSR count). The first-order valence-corrected chi connectivity index (χ1v) is 9.77. The Hall–Kier alpha value is -2.17. The molecule has 1 saturated carbocycles. The van der Waals surface area contributed by atoms with Gasteiger partial charge in [0.05, 0.1) is 13.2 Å². The van der Waals surface area contributed by atoms with Crippen LogP contribution in [0.3, 0.4) is 0 Å². The van der Waals surface area contributed by atoms with Gasteiger partial charge in [0.2, 0.25) is 5.91 Å². The Labute approximate surface area is 162 Å². The van der Waals surface area contributed by atoms with Gasteiger partial charge in [0.25, 0.3) is 0 Å². The summed E-state index contributed by atoms with van der Waals surface area (Å²) < 4.78 is 5.25. The van der Waals surface area contributed by atoms with Crippen molar-refractivity contribution in [1.29, 1.82) is 0 Å². The summed E-state index contributed by atoms with van der Waals surface area (Å²) in [6.45, 7) is 4.59. The van der Waals surface area contributed by atoms with Crippen LogP contribution in [-0.2, 0) is 29.2 Å². The van der Waals surface area contributed by atoms with E-state index in [0.29, 0.717) is 25.7 Å². The van der Waals surface area contributed by atoms with Crippen molar-refractivity contribution < 1.29 is 9.53 Å². The van der Waals surface area contributed by atoms with E-state index in [1.54, 1.807) is 7.11 Å². The molecule has 0 saturated heterocycles. The number of nitrogens with zero attached hydrogens (tertiary/aromatic N) is 1. The molecule has 0 bridgehead atoms. The van der Waals surface area contributed by atoms with Gasteiger partial charge < -0.3 is 10.1 Å². The molecule has 4 nitrogen and oxygen atoms in total. The molecule has 2 aromatic carbocycles. The lowest BCUT2D eigenvalue weighted by Gasteiger charge is -2.28. The first-order chi connectivity index (χ1) is 13.2. The summed E-state index contributed by atoms with van der Waals surface area (Å²) in [5.74, 6) is 0.801. The van der Waals surface area contributed by atoms with Crippen LogP contribution in [-0.4, -0.2) is 30.5 Å². The van der Waals surface area contributed by atoms with Crippen LogP contribution < -0.4 is 5.32 Å². The fourth-order valence-electron chi connectivity index (χ4n) is 3.50. The maximum atomic E-state index is 12.6. The number of nitrogens with one attached hydrogen (secondary N) is 1. The van der Waals surface area contributed by atoms with Crippen LogP contribution in [0, 0.1) is 5.92 Å². The minimum Gasteiger partial charge on any atom is -0.380 e. The molecule has 1 unspecified atom stereocenters. The largest absolute Gasteiger partial charge is 0.380 e. The second-order valence-corrected chi connectivity index (χ2v) is 7.45. The number of carbonyl (C=O) groups is 1. The molecule has 144 valence electrons. The van der Waals surface area contributed by atoms with Crippen molar-refractivity contribution in [2.45, 2.75) is 45.5 Å². The van der Waals surface area contributed by atoms with Crippen molar-refractivity contribution in [2.75, 3.05) is 13.7 Å². The lowest BCUT2D eigenvalue weighted by molar-refractivity contribution is -0.123. The topological polar surface area (TPSA) is 41.6 Å². The van der Waals surface area contributed by atoms with Gasteiger partial charge in [-0.2, -0.15) is 0 Å². The molecule has 1 atom stereocenters. The van der Waals surface area contributed by atoms with E-state index in [2.05, 4.69) is 41.4 Å². The zero-order chi connectivity index (χ0) is 19.1. The molecule has 0 aromatic heterocycles.